The van der Waals surface area contributed by atoms with E-state index >= 15 is 0 Å². The van der Waals surface area contributed by atoms with Crippen LogP contribution in [0, 0.1) is 6.92 Å². The van der Waals surface area contributed by atoms with Crippen LogP contribution in [0.1, 0.15) is 37.7 Å². The highest BCUT2D eigenvalue weighted by atomic mass is 79.9. The zero-order valence-electron chi connectivity index (χ0n) is 9.06. The molecular weight excluding hydrogens is 242 g/mol. The largest absolute Gasteiger partial charge is 0.372 e. The Balaban J connectivity index is 3.16. The average molecular weight is 258 g/mol. The van der Waals surface area contributed by atoms with E-state index in [9.17, 15) is 0 Å². The van der Waals surface area contributed by atoms with Gasteiger partial charge in [0.25, 0.3) is 0 Å². The lowest BCUT2D eigenvalue weighted by molar-refractivity contribution is 0.674. The van der Waals surface area contributed by atoms with Crippen LogP contribution >= 0.6 is 15.9 Å². The van der Waals surface area contributed by atoms with Gasteiger partial charge in [-0.25, -0.2) is 9.97 Å². The fourth-order valence-electron chi connectivity index (χ4n) is 1.15. The number of hydrogen-bond donors (Lipinski definition) is 1. The first-order valence-corrected chi connectivity index (χ1v) is 5.61. The van der Waals surface area contributed by atoms with Gasteiger partial charge in [-0.1, -0.05) is 13.8 Å². The minimum absolute atomic E-state index is 0.411. The summed E-state index contributed by atoms with van der Waals surface area (Å²) in [5.74, 6) is 2.19. The molecule has 4 heteroatoms. The van der Waals surface area contributed by atoms with Gasteiger partial charge in [-0.3, -0.25) is 0 Å². The van der Waals surface area contributed by atoms with Gasteiger partial charge in [0.05, 0.1) is 10.2 Å². The first kappa shape index (κ1) is 11.4. The lowest BCUT2D eigenvalue weighted by atomic mass is 10.1. The third kappa shape index (κ3) is 2.23. The molecule has 78 valence electrons. The maximum Gasteiger partial charge on any atom is 0.144 e. The molecule has 1 unspecified atom stereocenters. The summed E-state index contributed by atoms with van der Waals surface area (Å²) in [4.78, 5) is 8.91. The van der Waals surface area contributed by atoms with E-state index in [0.717, 1.165) is 28.2 Å². The molecule has 0 aliphatic carbocycles. The normalized spacial score (nSPS) is 12.6. The van der Waals surface area contributed by atoms with Crippen molar-refractivity contribution >= 4 is 21.7 Å². The highest BCUT2D eigenvalue weighted by Gasteiger charge is 2.11. The van der Waals surface area contributed by atoms with Crippen LogP contribution in [0.3, 0.4) is 0 Å². The standard InChI is InChI=1S/C10H16BrN3/c1-5-6(2)9-13-7(3)8(11)10(12-4)14-9/h6H,5H2,1-4H3,(H,12,13,14). The summed E-state index contributed by atoms with van der Waals surface area (Å²) in [6.07, 6.45) is 1.06. The van der Waals surface area contributed by atoms with Crippen LogP contribution in [-0.4, -0.2) is 17.0 Å². The Morgan fingerprint density at radius 3 is 2.57 bits per heavy atom. The van der Waals surface area contributed by atoms with Crippen molar-refractivity contribution < 1.29 is 0 Å². The predicted octanol–water partition coefficient (Wildman–Crippen LogP) is 3.10. The Kier molecular flexibility index (Phi) is 3.86. The van der Waals surface area contributed by atoms with E-state index in [1.54, 1.807) is 0 Å². The maximum absolute atomic E-state index is 4.45. The molecule has 1 aromatic rings. The van der Waals surface area contributed by atoms with Crippen molar-refractivity contribution in [3.63, 3.8) is 0 Å². The number of rotatable bonds is 3. The number of nitrogens with zero attached hydrogens (tertiary/aromatic N) is 2. The van der Waals surface area contributed by atoms with Crippen LogP contribution in [0.25, 0.3) is 0 Å². The molecule has 14 heavy (non-hydrogen) atoms. The number of halogens is 1. The van der Waals surface area contributed by atoms with E-state index in [2.05, 4.69) is 45.1 Å². The van der Waals surface area contributed by atoms with Gasteiger partial charge in [0.15, 0.2) is 0 Å². The van der Waals surface area contributed by atoms with Gasteiger partial charge in [-0.15, -0.1) is 0 Å². The molecule has 1 rings (SSSR count). The Hall–Kier alpha value is -0.640. The number of aromatic nitrogens is 2. The summed E-state index contributed by atoms with van der Waals surface area (Å²) >= 11 is 3.46. The van der Waals surface area contributed by atoms with Crippen molar-refractivity contribution in [3.05, 3.63) is 16.0 Å². The lowest BCUT2D eigenvalue weighted by Gasteiger charge is -2.11. The van der Waals surface area contributed by atoms with E-state index < -0.39 is 0 Å². The molecule has 0 aliphatic heterocycles. The molecule has 1 atom stereocenters. The third-order valence-electron chi connectivity index (χ3n) is 2.32. The Morgan fingerprint density at radius 2 is 2.07 bits per heavy atom. The molecule has 0 aromatic carbocycles. The summed E-state index contributed by atoms with van der Waals surface area (Å²) in [5.41, 5.74) is 0.986. The number of hydrogen-bond acceptors (Lipinski definition) is 3. The van der Waals surface area contributed by atoms with Crippen LogP contribution < -0.4 is 5.32 Å². The molecular formula is C10H16BrN3. The summed E-state index contributed by atoms with van der Waals surface area (Å²) in [6, 6.07) is 0. The fraction of sp³-hybridized carbons (Fsp3) is 0.600. The monoisotopic (exact) mass is 257 g/mol. The maximum atomic E-state index is 4.45. The Morgan fingerprint density at radius 1 is 1.43 bits per heavy atom. The molecule has 0 bridgehead atoms. The van der Waals surface area contributed by atoms with E-state index in [0.29, 0.717) is 5.92 Å². The molecule has 0 radical (unpaired) electrons. The molecule has 0 saturated heterocycles. The SMILES string of the molecule is CCC(C)c1nc(C)c(Br)c(NC)n1. The van der Waals surface area contributed by atoms with Crippen molar-refractivity contribution in [3.8, 4) is 0 Å². The first-order valence-electron chi connectivity index (χ1n) is 4.81. The molecule has 1 aromatic heterocycles. The molecule has 3 nitrogen and oxygen atoms in total. The van der Waals surface area contributed by atoms with Gasteiger partial charge in [0, 0.05) is 13.0 Å². The topological polar surface area (TPSA) is 37.8 Å². The number of anilines is 1. The smallest absolute Gasteiger partial charge is 0.144 e. The van der Waals surface area contributed by atoms with Gasteiger partial charge in [0.2, 0.25) is 0 Å². The van der Waals surface area contributed by atoms with E-state index in [1.807, 2.05) is 14.0 Å². The highest BCUT2D eigenvalue weighted by Crippen LogP contribution is 2.25. The third-order valence-corrected chi connectivity index (χ3v) is 3.27. The Labute approximate surface area is 93.5 Å². The zero-order valence-corrected chi connectivity index (χ0v) is 10.6. The molecule has 0 fully saturated rings. The average Bonchev–Trinajstić information content (AvgIpc) is 2.20. The van der Waals surface area contributed by atoms with E-state index in [-0.39, 0.29) is 0 Å². The van der Waals surface area contributed by atoms with Crippen molar-refractivity contribution in [2.75, 3.05) is 12.4 Å². The summed E-state index contributed by atoms with van der Waals surface area (Å²) in [5, 5.41) is 3.06. The van der Waals surface area contributed by atoms with Crippen molar-refractivity contribution in [2.45, 2.75) is 33.1 Å². The summed E-state index contributed by atoms with van der Waals surface area (Å²) in [6.45, 7) is 6.27. The minimum Gasteiger partial charge on any atom is -0.372 e. The molecule has 1 N–H and O–H groups in total. The molecule has 0 spiro atoms. The van der Waals surface area contributed by atoms with Crippen LogP contribution in [-0.2, 0) is 0 Å². The summed E-state index contributed by atoms with van der Waals surface area (Å²) < 4.78 is 0.951. The van der Waals surface area contributed by atoms with Gasteiger partial charge in [-0.05, 0) is 29.3 Å². The van der Waals surface area contributed by atoms with Gasteiger partial charge in [-0.2, -0.15) is 0 Å². The second-order valence-electron chi connectivity index (χ2n) is 3.39. The molecule has 1 heterocycles. The van der Waals surface area contributed by atoms with Crippen molar-refractivity contribution in [2.24, 2.45) is 0 Å². The van der Waals surface area contributed by atoms with Crippen LogP contribution in [0.4, 0.5) is 5.82 Å². The fourth-order valence-corrected chi connectivity index (χ4v) is 1.53. The van der Waals surface area contributed by atoms with E-state index in [4.69, 9.17) is 0 Å². The Bertz CT molecular complexity index is 325. The first-order chi connectivity index (χ1) is 6.60. The number of nitrogens with one attached hydrogen (secondary N) is 1. The van der Waals surface area contributed by atoms with Gasteiger partial charge in [0.1, 0.15) is 11.6 Å². The predicted molar refractivity (Wildman–Crippen MR) is 62.7 cm³/mol. The van der Waals surface area contributed by atoms with Gasteiger partial charge < -0.3 is 5.32 Å². The van der Waals surface area contributed by atoms with Gasteiger partial charge >= 0.3 is 0 Å². The highest BCUT2D eigenvalue weighted by molar-refractivity contribution is 9.10. The molecule has 0 saturated carbocycles. The van der Waals surface area contributed by atoms with Crippen LogP contribution in [0.2, 0.25) is 0 Å². The molecule has 0 aliphatic rings. The molecule has 0 amide bonds. The number of aryl methyl sites for hydroxylation is 1. The van der Waals surface area contributed by atoms with Crippen LogP contribution in [0.5, 0.6) is 0 Å². The summed E-state index contributed by atoms with van der Waals surface area (Å²) in [7, 11) is 1.87. The van der Waals surface area contributed by atoms with Crippen molar-refractivity contribution in [1.29, 1.82) is 0 Å². The van der Waals surface area contributed by atoms with Crippen molar-refractivity contribution in [1.82, 2.24) is 9.97 Å². The second-order valence-corrected chi connectivity index (χ2v) is 4.18. The minimum atomic E-state index is 0.411. The van der Waals surface area contributed by atoms with Crippen LogP contribution in [0.15, 0.2) is 4.47 Å². The second kappa shape index (κ2) is 4.73. The van der Waals surface area contributed by atoms with E-state index in [1.165, 1.54) is 0 Å². The zero-order chi connectivity index (χ0) is 10.7. The lowest BCUT2D eigenvalue weighted by Crippen LogP contribution is -2.06. The quantitative estimate of drug-likeness (QED) is 0.905.